The second-order valence-corrected chi connectivity index (χ2v) is 9.94. The Morgan fingerprint density at radius 2 is 1.66 bits per heavy atom. The van der Waals surface area contributed by atoms with E-state index in [1.807, 2.05) is 44.2 Å². The minimum absolute atomic E-state index is 0.168. The number of anilines is 1. The van der Waals surface area contributed by atoms with Crippen LogP contribution >= 0.6 is 0 Å². The fourth-order valence-corrected chi connectivity index (χ4v) is 4.50. The molecule has 2 rings (SSSR count). The molecular formula is C25H35N3O6S. The Hall–Kier alpha value is -3.27. The summed E-state index contributed by atoms with van der Waals surface area (Å²) in [6.45, 7) is 3.95. The number of nitrogens with zero attached hydrogens (tertiary/aromatic N) is 2. The van der Waals surface area contributed by atoms with Crippen molar-refractivity contribution < 1.29 is 27.5 Å². The predicted molar refractivity (Wildman–Crippen MR) is 136 cm³/mol. The van der Waals surface area contributed by atoms with E-state index in [1.165, 1.54) is 25.2 Å². The number of hydrogen-bond donors (Lipinski definition) is 1. The molecule has 0 radical (unpaired) electrons. The van der Waals surface area contributed by atoms with Crippen LogP contribution in [-0.2, 0) is 26.2 Å². The predicted octanol–water partition coefficient (Wildman–Crippen LogP) is 2.80. The van der Waals surface area contributed by atoms with Crippen molar-refractivity contribution in [3.05, 3.63) is 54.1 Å². The van der Waals surface area contributed by atoms with Crippen LogP contribution in [0.25, 0.3) is 0 Å². The topological polar surface area (TPSA) is 105 Å². The fourth-order valence-electron chi connectivity index (χ4n) is 3.66. The third-order valence-corrected chi connectivity index (χ3v) is 6.61. The number of sulfonamides is 1. The van der Waals surface area contributed by atoms with E-state index in [0.29, 0.717) is 24.5 Å². The van der Waals surface area contributed by atoms with Crippen LogP contribution in [0.1, 0.15) is 32.3 Å². The zero-order chi connectivity index (χ0) is 26.0. The van der Waals surface area contributed by atoms with E-state index >= 15 is 0 Å². The van der Waals surface area contributed by atoms with Gasteiger partial charge in [0.15, 0.2) is 11.5 Å². The number of nitrogens with one attached hydrogen (secondary N) is 1. The number of amides is 2. The smallest absolute Gasteiger partial charge is 0.244 e. The SMILES string of the molecule is CCCNC(=O)[C@@H](CC)N(Cc1ccccc1)C(=O)CN(c1ccc(OC)c(OC)c1)S(C)(=O)=O. The maximum Gasteiger partial charge on any atom is 0.244 e. The molecule has 2 aromatic rings. The lowest BCUT2D eigenvalue weighted by Gasteiger charge is -2.33. The molecule has 192 valence electrons. The van der Waals surface area contributed by atoms with Crippen LogP contribution in [0.3, 0.4) is 0 Å². The van der Waals surface area contributed by atoms with Crippen molar-refractivity contribution >= 4 is 27.5 Å². The minimum Gasteiger partial charge on any atom is -0.493 e. The summed E-state index contributed by atoms with van der Waals surface area (Å²) in [6.07, 6.45) is 2.17. The molecule has 35 heavy (non-hydrogen) atoms. The van der Waals surface area contributed by atoms with Crippen LogP contribution < -0.4 is 19.1 Å². The molecule has 2 aromatic carbocycles. The highest BCUT2D eigenvalue weighted by Crippen LogP contribution is 2.32. The maximum absolute atomic E-state index is 13.6. The Labute approximate surface area is 208 Å². The lowest BCUT2D eigenvalue weighted by Crippen LogP contribution is -2.52. The molecule has 1 atom stereocenters. The summed E-state index contributed by atoms with van der Waals surface area (Å²) in [5.74, 6) is 0.00112. The third-order valence-electron chi connectivity index (χ3n) is 5.47. The molecule has 10 heteroatoms. The van der Waals surface area contributed by atoms with Gasteiger partial charge in [0.1, 0.15) is 12.6 Å². The summed E-state index contributed by atoms with van der Waals surface area (Å²) >= 11 is 0. The monoisotopic (exact) mass is 505 g/mol. The first-order valence-electron chi connectivity index (χ1n) is 11.5. The Morgan fingerprint density at radius 3 is 2.20 bits per heavy atom. The molecule has 0 aliphatic rings. The molecule has 0 bridgehead atoms. The molecule has 1 N–H and O–H groups in total. The van der Waals surface area contributed by atoms with Gasteiger partial charge in [-0.05, 0) is 30.5 Å². The van der Waals surface area contributed by atoms with Crippen molar-refractivity contribution in [3.8, 4) is 11.5 Å². The van der Waals surface area contributed by atoms with Gasteiger partial charge in [-0.15, -0.1) is 0 Å². The van der Waals surface area contributed by atoms with Crippen LogP contribution in [0, 0.1) is 0 Å². The third kappa shape index (κ3) is 7.61. The zero-order valence-electron chi connectivity index (χ0n) is 21.0. The van der Waals surface area contributed by atoms with Gasteiger partial charge in [-0.3, -0.25) is 13.9 Å². The molecule has 0 aliphatic heterocycles. The van der Waals surface area contributed by atoms with E-state index in [4.69, 9.17) is 9.47 Å². The Balaban J connectivity index is 2.44. The van der Waals surface area contributed by atoms with Gasteiger partial charge in [0.25, 0.3) is 0 Å². The van der Waals surface area contributed by atoms with Gasteiger partial charge in [0.05, 0.1) is 26.2 Å². The number of benzene rings is 2. The van der Waals surface area contributed by atoms with Crippen LogP contribution in [-0.4, -0.2) is 64.7 Å². The number of methoxy groups -OCH3 is 2. The summed E-state index contributed by atoms with van der Waals surface area (Å²) in [7, 11) is -0.920. The van der Waals surface area contributed by atoms with Gasteiger partial charge in [0.2, 0.25) is 21.8 Å². The Morgan fingerprint density at radius 1 is 1.00 bits per heavy atom. The van der Waals surface area contributed by atoms with Crippen molar-refractivity contribution in [1.29, 1.82) is 0 Å². The minimum atomic E-state index is -3.84. The van der Waals surface area contributed by atoms with Crippen LogP contribution in [0.5, 0.6) is 11.5 Å². The molecule has 9 nitrogen and oxygen atoms in total. The van der Waals surface area contributed by atoms with Crippen molar-refractivity contribution in [2.24, 2.45) is 0 Å². The van der Waals surface area contributed by atoms with Gasteiger partial charge >= 0.3 is 0 Å². The lowest BCUT2D eigenvalue weighted by atomic mass is 10.1. The molecule has 0 saturated carbocycles. The van der Waals surface area contributed by atoms with E-state index in [1.54, 1.807) is 12.1 Å². The first kappa shape index (κ1) is 28.0. The summed E-state index contributed by atoms with van der Waals surface area (Å²) in [6, 6.07) is 13.2. The lowest BCUT2D eigenvalue weighted by molar-refractivity contribution is -0.140. The molecule has 0 aliphatic carbocycles. The summed E-state index contributed by atoms with van der Waals surface area (Å²) in [4.78, 5) is 28.0. The highest BCUT2D eigenvalue weighted by molar-refractivity contribution is 7.92. The second kappa shape index (κ2) is 13.0. The number of carbonyl (C=O) groups is 2. The number of ether oxygens (including phenoxy) is 2. The van der Waals surface area contributed by atoms with Gasteiger partial charge in [-0.1, -0.05) is 44.2 Å². The fraction of sp³-hybridized carbons (Fsp3) is 0.440. The van der Waals surface area contributed by atoms with Crippen LogP contribution in [0.15, 0.2) is 48.5 Å². The quantitative estimate of drug-likeness (QED) is 0.449. The first-order chi connectivity index (χ1) is 16.7. The molecule has 2 amide bonds. The first-order valence-corrected chi connectivity index (χ1v) is 13.3. The second-order valence-electron chi connectivity index (χ2n) is 8.03. The molecule has 0 aromatic heterocycles. The van der Waals surface area contributed by atoms with Gasteiger partial charge in [0, 0.05) is 19.2 Å². The van der Waals surface area contributed by atoms with E-state index < -0.39 is 28.5 Å². The standard InChI is InChI=1S/C25H35N3O6S/c1-6-15-26-25(30)21(7-2)27(17-19-11-9-8-10-12-19)24(29)18-28(35(5,31)32)20-13-14-22(33-3)23(16-20)34-4/h8-14,16,21H,6-7,15,17-18H2,1-5H3,(H,26,30)/t21-/m1/s1. The Bertz CT molecular complexity index is 1090. The normalized spacial score (nSPS) is 11.9. The molecular weight excluding hydrogens is 470 g/mol. The number of hydrogen-bond acceptors (Lipinski definition) is 6. The number of rotatable bonds is 13. The van der Waals surface area contributed by atoms with Crippen molar-refractivity contribution in [3.63, 3.8) is 0 Å². The maximum atomic E-state index is 13.6. The van der Waals surface area contributed by atoms with E-state index in [-0.39, 0.29) is 18.1 Å². The summed E-state index contributed by atoms with van der Waals surface area (Å²) in [5, 5.41) is 2.85. The molecule has 0 heterocycles. The van der Waals surface area contributed by atoms with Crippen LogP contribution in [0.2, 0.25) is 0 Å². The summed E-state index contributed by atoms with van der Waals surface area (Å²) < 4.78 is 37.0. The van der Waals surface area contributed by atoms with E-state index in [2.05, 4.69) is 5.32 Å². The van der Waals surface area contributed by atoms with Gasteiger partial charge in [-0.25, -0.2) is 8.42 Å². The van der Waals surface area contributed by atoms with E-state index in [9.17, 15) is 18.0 Å². The van der Waals surface area contributed by atoms with Gasteiger partial charge < -0.3 is 19.7 Å². The van der Waals surface area contributed by atoms with E-state index in [0.717, 1.165) is 22.5 Å². The summed E-state index contributed by atoms with van der Waals surface area (Å²) in [5.41, 5.74) is 1.08. The molecule has 0 saturated heterocycles. The largest absolute Gasteiger partial charge is 0.493 e. The van der Waals surface area contributed by atoms with Crippen molar-refractivity contribution in [1.82, 2.24) is 10.2 Å². The number of carbonyl (C=O) groups excluding carboxylic acids is 2. The zero-order valence-corrected chi connectivity index (χ0v) is 21.8. The Kier molecular flexibility index (Phi) is 10.4. The van der Waals surface area contributed by atoms with Crippen molar-refractivity contribution in [2.75, 3.05) is 37.9 Å². The highest BCUT2D eigenvalue weighted by Gasteiger charge is 2.31. The van der Waals surface area contributed by atoms with Crippen LogP contribution in [0.4, 0.5) is 5.69 Å². The average molecular weight is 506 g/mol. The molecule has 0 fully saturated rings. The highest BCUT2D eigenvalue weighted by atomic mass is 32.2. The van der Waals surface area contributed by atoms with Gasteiger partial charge in [-0.2, -0.15) is 0 Å². The molecule has 0 unspecified atom stereocenters. The molecule has 0 spiro atoms. The van der Waals surface area contributed by atoms with Crippen molar-refractivity contribution in [2.45, 2.75) is 39.3 Å². The average Bonchev–Trinajstić information content (AvgIpc) is 2.85.